The molecule has 0 heterocycles. The van der Waals surface area contributed by atoms with Crippen LogP contribution in [0.1, 0.15) is 27.6 Å². The van der Waals surface area contributed by atoms with E-state index < -0.39 is 11.9 Å². The van der Waals surface area contributed by atoms with Crippen LogP contribution in [0.15, 0.2) is 66.4 Å². The second-order valence-electron chi connectivity index (χ2n) is 5.20. The standard InChI is InChI=1S/C20H19NO5/c1-3-26-19(23)15-9-11-16(12-10-15)21-17(20(24)25-2)13-18(22)14-7-5-4-6-8-14/h4-13,21H,3H2,1-2H3/b17-13-. The number of carbonyl (C=O) groups is 3. The molecule has 0 fully saturated rings. The van der Waals surface area contributed by atoms with E-state index in [9.17, 15) is 14.4 Å². The quantitative estimate of drug-likeness (QED) is 0.468. The fourth-order valence-corrected chi connectivity index (χ4v) is 2.13. The molecule has 0 spiro atoms. The number of rotatable bonds is 7. The largest absolute Gasteiger partial charge is 0.464 e. The Morgan fingerprint density at radius 1 is 0.962 bits per heavy atom. The van der Waals surface area contributed by atoms with Gasteiger partial charge in [0, 0.05) is 17.3 Å². The average molecular weight is 353 g/mol. The van der Waals surface area contributed by atoms with Crippen molar-refractivity contribution in [3.8, 4) is 0 Å². The van der Waals surface area contributed by atoms with E-state index in [1.54, 1.807) is 61.5 Å². The van der Waals surface area contributed by atoms with Crippen molar-refractivity contribution in [1.82, 2.24) is 0 Å². The maximum absolute atomic E-state index is 12.3. The Labute approximate surface area is 151 Å². The molecule has 6 heteroatoms. The molecule has 2 aromatic carbocycles. The predicted octanol–water partition coefficient (Wildman–Crippen LogP) is 3.22. The van der Waals surface area contributed by atoms with Gasteiger partial charge in [0.05, 0.1) is 19.3 Å². The van der Waals surface area contributed by atoms with Crippen molar-refractivity contribution in [3.05, 3.63) is 77.5 Å². The number of allylic oxidation sites excluding steroid dienone is 1. The minimum absolute atomic E-state index is 0.00904. The Morgan fingerprint density at radius 3 is 2.19 bits per heavy atom. The van der Waals surface area contributed by atoms with Crippen LogP contribution in [0.25, 0.3) is 0 Å². The number of benzene rings is 2. The normalized spacial score (nSPS) is 10.8. The minimum atomic E-state index is -0.677. The van der Waals surface area contributed by atoms with Crippen LogP contribution in [0.2, 0.25) is 0 Å². The molecular formula is C20H19NO5. The van der Waals surface area contributed by atoms with Gasteiger partial charge in [0.2, 0.25) is 0 Å². The molecule has 0 aromatic heterocycles. The Kier molecular flexibility index (Phi) is 6.68. The molecule has 1 N–H and O–H groups in total. The molecule has 0 bridgehead atoms. The van der Waals surface area contributed by atoms with Gasteiger partial charge in [-0.2, -0.15) is 0 Å². The molecule has 134 valence electrons. The summed E-state index contributed by atoms with van der Waals surface area (Å²) >= 11 is 0. The second kappa shape index (κ2) is 9.17. The maximum atomic E-state index is 12.3. The van der Waals surface area contributed by atoms with Crippen molar-refractivity contribution < 1.29 is 23.9 Å². The summed E-state index contributed by atoms with van der Waals surface area (Å²) in [6.45, 7) is 2.01. The van der Waals surface area contributed by atoms with Crippen LogP contribution in [0.5, 0.6) is 0 Å². The molecule has 0 radical (unpaired) electrons. The van der Waals surface area contributed by atoms with Gasteiger partial charge in [-0.05, 0) is 31.2 Å². The number of esters is 2. The molecule has 0 unspecified atom stereocenters. The van der Waals surface area contributed by atoms with Gasteiger partial charge in [0.25, 0.3) is 0 Å². The first-order valence-electron chi connectivity index (χ1n) is 7.98. The summed E-state index contributed by atoms with van der Waals surface area (Å²) in [5.74, 6) is -1.44. The average Bonchev–Trinajstić information content (AvgIpc) is 2.68. The van der Waals surface area contributed by atoms with E-state index in [-0.39, 0.29) is 18.1 Å². The van der Waals surface area contributed by atoms with Crippen LogP contribution in [0.3, 0.4) is 0 Å². The van der Waals surface area contributed by atoms with Crippen molar-refractivity contribution in [2.24, 2.45) is 0 Å². The smallest absolute Gasteiger partial charge is 0.354 e. The first-order chi connectivity index (χ1) is 12.5. The topological polar surface area (TPSA) is 81.7 Å². The first-order valence-corrected chi connectivity index (χ1v) is 7.98. The third-order valence-electron chi connectivity index (χ3n) is 3.41. The molecule has 2 aromatic rings. The summed E-state index contributed by atoms with van der Waals surface area (Å²) in [5.41, 5.74) is 1.36. The van der Waals surface area contributed by atoms with E-state index in [1.807, 2.05) is 0 Å². The van der Waals surface area contributed by atoms with Gasteiger partial charge in [-0.25, -0.2) is 9.59 Å². The summed E-state index contributed by atoms with van der Waals surface area (Å²) in [4.78, 5) is 35.9. The molecule has 2 rings (SSSR count). The Hall–Kier alpha value is -3.41. The second-order valence-corrected chi connectivity index (χ2v) is 5.20. The van der Waals surface area contributed by atoms with E-state index in [0.717, 1.165) is 0 Å². The monoisotopic (exact) mass is 353 g/mol. The maximum Gasteiger partial charge on any atom is 0.354 e. The number of hydrogen-bond acceptors (Lipinski definition) is 6. The number of ketones is 1. The molecule has 0 aliphatic carbocycles. The number of anilines is 1. The number of ether oxygens (including phenoxy) is 2. The van der Waals surface area contributed by atoms with Gasteiger partial charge in [0.15, 0.2) is 5.78 Å². The van der Waals surface area contributed by atoms with E-state index >= 15 is 0 Å². The molecular weight excluding hydrogens is 334 g/mol. The lowest BCUT2D eigenvalue weighted by Crippen LogP contribution is -2.15. The number of hydrogen-bond donors (Lipinski definition) is 1. The molecule has 0 amide bonds. The number of nitrogens with one attached hydrogen (secondary N) is 1. The molecule has 0 aliphatic rings. The van der Waals surface area contributed by atoms with Gasteiger partial charge in [-0.1, -0.05) is 30.3 Å². The predicted molar refractivity (Wildman–Crippen MR) is 96.9 cm³/mol. The molecule has 6 nitrogen and oxygen atoms in total. The molecule has 0 atom stereocenters. The third kappa shape index (κ3) is 5.04. The first kappa shape index (κ1) is 18.9. The number of methoxy groups -OCH3 is 1. The van der Waals surface area contributed by atoms with Gasteiger partial charge in [-0.3, -0.25) is 4.79 Å². The third-order valence-corrected chi connectivity index (χ3v) is 3.41. The summed E-state index contributed by atoms with van der Waals surface area (Å²) in [6, 6.07) is 14.9. The van der Waals surface area contributed by atoms with Crippen LogP contribution in [-0.2, 0) is 14.3 Å². The molecule has 0 aliphatic heterocycles. The zero-order valence-corrected chi connectivity index (χ0v) is 14.5. The molecule has 0 saturated carbocycles. The van der Waals surface area contributed by atoms with Crippen LogP contribution in [0.4, 0.5) is 5.69 Å². The summed E-state index contributed by atoms with van der Waals surface area (Å²) in [7, 11) is 1.23. The molecule has 0 saturated heterocycles. The van der Waals surface area contributed by atoms with Crippen LogP contribution < -0.4 is 5.32 Å². The SMILES string of the molecule is CCOC(=O)c1ccc(N/C(=C\C(=O)c2ccccc2)C(=O)OC)cc1. The van der Waals surface area contributed by atoms with Crippen molar-refractivity contribution in [2.75, 3.05) is 19.0 Å². The zero-order chi connectivity index (χ0) is 18.9. The van der Waals surface area contributed by atoms with E-state index in [2.05, 4.69) is 5.32 Å². The fourth-order valence-electron chi connectivity index (χ4n) is 2.13. The fraction of sp³-hybridized carbons (Fsp3) is 0.150. The van der Waals surface area contributed by atoms with Gasteiger partial charge in [0.1, 0.15) is 5.70 Å². The summed E-state index contributed by atoms with van der Waals surface area (Å²) < 4.78 is 9.64. The van der Waals surface area contributed by atoms with E-state index in [1.165, 1.54) is 13.2 Å². The van der Waals surface area contributed by atoms with Crippen molar-refractivity contribution in [2.45, 2.75) is 6.92 Å². The van der Waals surface area contributed by atoms with Gasteiger partial charge in [-0.15, -0.1) is 0 Å². The van der Waals surface area contributed by atoms with Crippen molar-refractivity contribution >= 4 is 23.4 Å². The Balaban J connectivity index is 2.20. The highest BCUT2D eigenvalue weighted by Gasteiger charge is 2.14. The van der Waals surface area contributed by atoms with Crippen LogP contribution in [0, 0.1) is 0 Å². The highest BCUT2D eigenvalue weighted by molar-refractivity contribution is 6.09. The van der Waals surface area contributed by atoms with Crippen molar-refractivity contribution in [1.29, 1.82) is 0 Å². The Bertz CT molecular complexity index is 810. The van der Waals surface area contributed by atoms with E-state index in [0.29, 0.717) is 16.8 Å². The minimum Gasteiger partial charge on any atom is -0.464 e. The highest BCUT2D eigenvalue weighted by atomic mass is 16.5. The van der Waals surface area contributed by atoms with Gasteiger partial charge < -0.3 is 14.8 Å². The van der Waals surface area contributed by atoms with Crippen molar-refractivity contribution in [3.63, 3.8) is 0 Å². The lowest BCUT2D eigenvalue weighted by Gasteiger charge is -2.10. The highest BCUT2D eigenvalue weighted by Crippen LogP contribution is 2.14. The zero-order valence-electron chi connectivity index (χ0n) is 14.5. The lowest BCUT2D eigenvalue weighted by atomic mass is 10.1. The van der Waals surface area contributed by atoms with Crippen LogP contribution >= 0.6 is 0 Å². The molecule has 26 heavy (non-hydrogen) atoms. The summed E-state index contributed by atoms with van der Waals surface area (Å²) in [6.07, 6.45) is 1.18. The lowest BCUT2D eigenvalue weighted by molar-refractivity contribution is -0.135. The summed E-state index contributed by atoms with van der Waals surface area (Å²) in [5, 5.41) is 2.84. The van der Waals surface area contributed by atoms with Crippen LogP contribution in [-0.4, -0.2) is 31.4 Å². The van der Waals surface area contributed by atoms with Gasteiger partial charge >= 0.3 is 11.9 Å². The Morgan fingerprint density at radius 2 is 1.62 bits per heavy atom. The number of carbonyl (C=O) groups excluding carboxylic acids is 3. The van der Waals surface area contributed by atoms with E-state index in [4.69, 9.17) is 9.47 Å².